The topological polar surface area (TPSA) is 75.3 Å². The molecule has 0 unspecified atom stereocenters. The minimum absolute atomic E-state index is 0.0998. The zero-order valence-electron chi connectivity index (χ0n) is 11.7. The zero-order chi connectivity index (χ0) is 14.8. The highest BCUT2D eigenvalue weighted by Gasteiger charge is 2.20. The zero-order valence-corrected chi connectivity index (χ0v) is 13.4. The van der Waals surface area contributed by atoms with Crippen LogP contribution in [0.3, 0.4) is 0 Å². The van der Waals surface area contributed by atoms with Crippen LogP contribution in [0, 0.1) is 5.92 Å². The molecule has 112 valence electrons. The maximum absolute atomic E-state index is 12.0. The lowest BCUT2D eigenvalue weighted by atomic mass is 9.90. The first-order valence-corrected chi connectivity index (χ1v) is 9.19. The molecule has 1 aliphatic carbocycles. The Morgan fingerprint density at radius 2 is 2.25 bits per heavy atom. The third-order valence-corrected chi connectivity index (χ3v) is 6.12. The number of aryl methyl sites for hydroxylation is 1. The van der Waals surface area contributed by atoms with E-state index < -0.39 is 10.0 Å². The van der Waals surface area contributed by atoms with Crippen molar-refractivity contribution in [1.29, 1.82) is 0 Å². The molecule has 2 rings (SSSR count). The SMILES string of the molecule is CNS(=O)(=O)CCNC(=O)c1cc2c(s1)CC[C@H](C)C2. The number of rotatable bonds is 5. The first kappa shape index (κ1) is 15.5. The highest BCUT2D eigenvalue weighted by atomic mass is 32.2. The van der Waals surface area contributed by atoms with Gasteiger partial charge in [0, 0.05) is 11.4 Å². The molecule has 0 saturated heterocycles. The maximum Gasteiger partial charge on any atom is 0.261 e. The molecule has 1 aromatic heterocycles. The van der Waals surface area contributed by atoms with Crippen LogP contribution in [0.15, 0.2) is 6.07 Å². The molecule has 0 aromatic carbocycles. The van der Waals surface area contributed by atoms with Crippen molar-refractivity contribution in [3.05, 3.63) is 21.4 Å². The number of fused-ring (bicyclic) bond motifs is 1. The Balaban J connectivity index is 1.94. The van der Waals surface area contributed by atoms with Crippen molar-refractivity contribution in [2.45, 2.75) is 26.2 Å². The molecule has 7 heteroatoms. The van der Waals surface area contributed by atoms with Gasteiger partial charge in [-0.1, -0.05) is 6.92 Å². The van der Waals surface area contributed by atoms with Gasteiger partial charge in [0.25, 0.3) is 5.91 Å². The largest absolute Gasteiger partial charge is 0.350 e. The van der Waals surface area contributed by atoms with Gasteiger partial charge >= 0.3 is 0 Å². The molecule has 2 N–H and O–H groups in total. The maximum atomic E-state index is 12.0. The molecular formula is C13H20N2O3S2. The van der Waals surface area contributed by atoms with Crippen LogP contribution in [0.5, 0.6) is 0 Å². The quantitative estimate of drug-likeness (QED) is 0.856. The van der Waals surface area contributed by atoms with Crippen LogP contribution in [0.2, 0.25) is 0 Å². The summed E-state index contributed by atoms with van der Waals surface area (Å²) in [6.45, 7) is 2.35. The molecule has 0 aliphatic heterocycles. The van der Waals surface area contributed by atoms with Gasteiger partial charge in [0.15, 0.2) is 0 Å². The van der Waals surface area contributed by atoms with Gasteiger partial charge in [0.05, 0.1) is 10.6 Å². The number of carbonyl (C=O) groups excluding carboxylic acids is 1. The van der Waals surface area contributed by atoms with E-state index in [1.807, 2.05) is 6.07 Å². The van der Waals surface area contributed by atoms with E-state index in [0.29, 0.717) is 10.8 Å². The summed E-state index contributed by atoms with van der Waals surface area (Å²) in [6.07, 6.45) is 3.25. The summed E-state index contributed by atoms with van der Waals surface area (Å²) in [6, 6.07) is 1.96. The summed E-state index contributed by atoms with van der Waals surface area (Å²) in [5, 5.41) is 2.66. The van der Waals surface area contributed by atoms with E-state index >= 15 is 0 Å². The molecule has 5 nitrogen and oxygen atoms in total. The van der Waals surface area contributed by atoms with Gasteiger partial charge in [-0.25, -0.2) is 13.1 Å². The van der Waals surface area contributed by atoms with Crippen molar-refractivity contribution in [1.82, 2.24) is 10.0 Å². The van der Waals surface area contributed by atoms with Gasteiger partial charge in [-0.15, -0.1) is 11.3 Å². The summed E-state index contributed by atoms with van der Waals surface area (Å²) < 4.78 is 24.7. The first-order valence-electron chi connectivity index (χ1n) is 6.72. The molecule has 1 atom stereocenters. The minimum atomic E-state index is -3.27. The summed E-state index contributed by atoms with van der Waals surface area (Å²) in [7, 11) is -1.90. The third-order valence-electron chi connectivity index (χ3n) is 3.52. The van der Waals surface area contributed by atoms with Gasteiger partial charge in [-0.2, -0.15) is 0 Å². The van der Waals surface area contributed by atoms with Gasteiger partial charge in [-0.05, 0) is 43.9 Å². The summed E-state index contributed by atoms with van der Waals surface area (Å²) in [4.78, 5) is 14.0. The first-order chi connectivity index (χ1) is 9.41. The van der Waals surface area contributed by atoms with Crippen molar-refractivity contribution >= 4 is 27.3 Å². The molecule has 1 aliphatic rings. The molecule has 1 amide bonds. The predicted molar refractivity (Wildman–Crippen MR) is 80.7 cm³/mol. The minimum Gasteiger partial charge on any atom is -0.350 e. The van der Waals surface area contributed by atoms with E-state index in [-0.39, 0.29) is 18.2 Å². The van der Waals surface area contributed by atoms with Crippen molar-refractivity contribution in [2.24, 2.45) is 5.92 Å². The van der Waals surface area contributed by atoms with E-state index in [4.69, 9.17) is 0 Å². The lowest BCUT2D eigenvalue weighted by Crippen LogP contribution is -2.32. The van der Waals surface area contributed by atoms with Crippen LogP contribution in [0.1, 0.15) is 33.5 Å². The van der Waals surface area contributed by atoms with Crippen molar-refractivity contribution < 1.29 is 13.2 Å². The number of amides is 1. The van der Waals surface area contributed by atoms with E-state index in [1.165, 1.54) is 35.2 Å². The van der Waals surface area contributed by atoms with E-state index in [9.17, 15) is 13.2 Å². The Morgan fingerprint density at radius 1 is 1.50 bits per heavy atom. The number of sulfonamides is 1. The van der Waals surface area contributed by atoms with E-state index in [2.05, 4.69) is 17.0 Å². The van der Waals surface area contributed by atoms with Crippen molar-refractivity contribution in [3.63, 3.8) is 0 Å². The average Bonchev–Trinajstić information content (AvgIpc) is 2.81. The molecule has 1 heterocycles. The molecular weight excluding hydrogens is 296 g/mol. The lowest BCUT2D eigenvalue weighted by molar-refractivity contribution is 0.0960. The van der Waals surface area contributed by atoms with Crippen LogP contribution in [-0.4, -0.2) is 33.7 Å². The second kappa shape index (κ2) is 6.24. The number of nitrogens with one attached hydrogen (secondary N) is 2. The van der Waals surface area contributed by atoms with Gasteiger partial charge in [0.1, 0.15) is 0 Å². The van der Waals surface area contributed by atoms with Crippen LogP contribution in [0.25, 0.3) is 0 Å². The second-order valence-electron chi connectivity index (χ2n) is 5.19. The standard InChI is InChI=1S/C13H20N2O3S2/c1-9-3-4-11-10(7-9)8-12(19-11)13(16)15-5-6-20(17,18)14-2/h8-9,14H,3-7H2,1-2H3,(H,15,16)/t9-/m0/s1. The average molecular weight is 316 g/mol. The smallest absolute Gasteiger partial charge is 0.261 e. The summed E-state index contributed by atoms with van der Waals surface area (Å²) >= 11 is 1.53. The fourth-order valence-corrected chi connectivity index (χ4v) is 4.01. The number of hydrogen-bond acceptors (Lipinski definition) is 4. The van der Waals surface area contributed by atoms with Crippen molar-refractivity contribution in [3.8, 4) is 0 Å². The van der Waals surface area contributed by atoms with Gasteiger partial charge < -0.3 is 5.32 Å². The van der Waals surface area contributed by atoms with Gasteiger partial charge in [0.2, 0.25) is 10.0 Å². The number of carbonyl (C=O) groups is 1. The van der Waals surface area contributed by atoms with E-state index in [0.717, 1.165) is 12.8 Å². The highest BCUT2D eigenvalue weighted by molar-refractivity contribution is 7.89. The Labute approximate surface area is 123 Å². The monoisotopic (exact) mass is 316 g/mol. The Morgan fingerprint density at radius 3 is 2.95 bits per heavy atom. The Bertz CT molecular complexity index is 593. The van der Waals surface area contributed by atoms with Crippen LogP contribution in [0.4, 0.5) is 0 Å². The summed E-state index contributed by atoms with van der Waals surface area (Å²) in [5.74, 6) is 0.398. The van der Waals surface area contributed by atoms with E-state index in [1.54, 1.807) is 0 Å². The fraction of sp³-hybridized carbons (Fsp3) is 0.615. The second-order valence-corrected chi connectivity index (χ2v) is 8.37. The molecule has 0 saturated carbocycles. The Kier molecular flexibility index (Phi) is 4.82. The third kappa shape index (κ3) is 3.80. The molecule has 0 fully saturated rings. The molecule has 1 aromatic rings. The Hall–Kier alpha value is -0.920. The van der Waals surface area contributed by atoms with Gasteiger partial charge in [-0.3, -0.25) is 4.79 Å². The highest BCUT2D eigenvalue weighted by Crippen LogP contribution is 2.32. The van der Waals surface area contributed by atoms with Crippen LogP contribution in [-0.2, 0) is 22.9 Å². The number of thiophene rings is 1. The van der Waals surface area contributed by atoms with Crippen LogP contribution < -0.4 is 10.0 Å². The summed E-state index contributed by atoms with van der Waals surface area (Å²) in [5.41, 5.74) is 1.28. The fourth-order valence-electron chi connectivity index (χ4n) is 2.31. The molecule has 20 heavy (non-hydrogen) atoms. The predicted octanol–water partition coefficient (Wildman–Crippen LogP) is 1.15. The molecule has 0 radical (unpaired) electrons. The van der Waals surface area contributed by atoms with Crippen LogP contribution >= 0.6 is 11.3 Å². The number of hydrogen-bond donors (Lipinski definition) is 2. The lowest BCUT2D eigenvalue weighted by Gasteiger charge is -2.16. The van der Waals surface area contributed by atoms with Crippen molar-refractivity contribution in [2.75, 3.05) is 19.3 Å². The molecule has 0 bridgehead atoms. The molecule has 0 spiro atoms. The normalized spacial score (nSPS) is 18.6.